The van der Waals surface area contributed by atoms with Crippen molar-refractivity contribution >= 4 is 0 Å². The Balaban J connectivity index is 1.91. The molecule has 0 atom stereocenters. The van der Waals surface area contributed by atoms with Crippen molar-refractivity contribution in [2.45, 2.75) is 6.92 Å². The first-order chi connectivity index (χ1) is 9.86. The third kappa shape index (κ3) is 8.84. The van der Waals surface area contributed by atoms with Gasteiger partial charge >= 0.3 is 0 Å². The van der Waals surface area contributed by atoms with E-state index in [-0.39, 0.29) is 0 Å². The van der Waals surface area contributed by atoms with Crippen molar-refractivity contribution in [2.75, 3.05) is 85.1 Å². The highest BCUT2D eigenvalue weighted by Crippen LogP contribution is 1.99. The van der Waals surface area contributed by atoms with Gasteiger partial charge in [-0.25, -0.2) is 0 Å². The highest BCUT2D eigenvalue weighted by atomic mass is 15.3. The van der Waals surface area contributed by atoms with Crippen molar-refractivity contribution in [1.29, 1.82) is 0 Å². The molecule has 1 saturated heterocycles. The van der Waals surface area contributed by atoms with Crippen LogP contribution < -0.4 is 21.7 Å². The predicted molar refractivity (Wildman–Crippen MR) is 86.2 cm³/mol. The first kappa shape index (κ1) is 17.8. The number of hydrogen-bond donors (Lipinski definition) is 4. The number of hydrogen-bond acceptors (Lipinski definition) is 6. The molecule has 20 heavy (non-hydrogen) atoms. The summed E-state index contributed by atoms with van der Waals surface area (Å²) >= 11 is 0. The van der Waals surface area contributed by atoms with Crippen molar-refractivity contribution in [2.24, 2.45) is 5.73 Å². The van der Waals surface area contributed by atoms with Gasteiger partial charge in [-0.3, -0.25) is 9.80 Å². The second-order valence-electron chi connectivity index (χ2n) is 5.33. The third-order valence-corrected chi connectivity index (χ3v) is 3.72. The second kappa shape index (κ2) is 12.5. The summed E-state index contributed by atoms with van der Waals surface area (Å²) in [4.78, 5) is 5.10. The number of nitrogens with one attached hydrogen (secondary N) is 3. The maximum Gasteiger partial charge on any atom is 0.0110 e. The normalized spacial score (nSPS) is 17.7. The fourth-order valence-corrected chi connectivity index (χ4v) is 2.42. The first-order valence-corrected chi connectivity index (χ1v) is 8.13. The fraction of sp³-hybridized carbons (Fsp3) is 1.00. The molecule has 0 aliphatic carbocycles. The van der Waals surface area contributed by atoms with Gasteiger partial charge in [0.1, 0.15) is 0 Å². The van der Waals surface area contributed by atoms with Crippen LogP contribution in [0.15, 0.2) is 0 Å². The van der Waals surface area contributed by atoms with Crippen LogP contribution in [0.3, 0.4) is 0 Å². The zero-order chi connectivity index (χ0) is 14.5. The summed E-state index contributed by atoms with van der Waals surface area (Å²) in [6.07, 6.45) is 0. The second-order valence-corrected chi connectivity index (χ2v) is 5.33. The van der Waals surface area contributed by atoms with Crippen molar-refractivity contribution in [1.82, 2.24) is 25.8 Å². The SMILES string of the molecule is CCNCCNCCN1CCN(CCNCCN)CC1. The van der Waals surface area contributed by atoms with Crippen LogP contribution in [0.2, 0.25) is 0 Å². The minimum atomic E-state index is 0.731. The molecule has 1 fully saturated rings. The molecule has 0 amide bonds. The molecule has 0 aromatic rings. The first-order valence-electron chi connectivity index (χ1n) is 8.13. The van der Waals surface area contributed by atoms with Crippen molar-refractivity contribution in [3.63, 3.8) is 0 Å². The van der Waals surface area contributed by atoms with Crippen LogP contribution in [0.4, 0.5) is 0 Å². The van der Waals surface area contributed by atoms with Gasteiger partial charge in [-0.1, -0.05) is 6.92 Å². The Morgan fingerprint density at radius 1 is 0.750 bits per heavy atom. The third-order valence-electron chi connectivity index (χ3n) is 3.72. The van der Waals surface area contributed by atoms with E-state index in [4.69, 9.17) is 5.73 Å². The standard InChI is InChI=1S/C14H34N6/c1-2-16-5-6-18-8-10-20-13-11-19(12-14-20)9-7-17-4-3-15/h16-18H,2-15H2,1H3. The quantitative estimate of drug-likeness (QED) is 0.322. The number of rotatable bonds is 12. The zero-order valence-electron chi connectivity index (χ0n) is 13.2. The van der Waals surface area contributed by atoms with E-state index in [2.05, 4.69) is 32.7 Å². The minimum Gasteiger partial charge on any atom is -0.329 e. The molecule has 1 aliphatic rings. The van der Waals surface area contributed by atoms with Crippen LogP contribution in [0, 0.1) is 0 Å². The molecule has 0 unspecified atom stereocenters. The zero-order valence-corrected chi connectivity index (χ0v) is 13.2. The molecule has 5 N–H and O–H groups in total. The van der Waals surface area contributed by atoms with Gasteiger partial charge in [0.05, 0.1) is 0 Å². The number of nitrogens with zero attached hydrogens (tertiary/aromatic N) is 2. The Hall–Kier alpha value is -0.240. The topological polar surface area (TPSA) is 68.6 Å². The molecule has 1 rings (SSSR count). The van der Waals surface area contributed by atoms with Crippen molar-refractivity contribution in [3.05, 3.63) is 0 Å². The Kier molecular flexibility index (Phi) is 11.1. The van der Waals surface area contributed by atoms with Crippen LogP contribution in [0.1, 0.15) is 6.92 Å². The summed E-state index contributed by atoms with van der Waals surface area (Å²) in [6.45, 7) is 16.3. The molecule has 0 spiro atoms. The molecule has 120 valence electrons. The summed E-state index contributed by atoms with van der Waals surface area (Å²) in [5.41, 5.74) is 5.46. The summed E-state index contributed by atoms with van der Waals surface area (Å²) in [7, 11) is 0. The molecule has 1 aliphatic heterocycles. The smallest absolute Gasteiger partial charge is 0.0110 e. The van der Waals surface area contributed by atoms with Gasteiger partial charge < -0.3 is 21.7 Å². The van der Waals surface area contributed by atoms with Gasteiger partial charge in [0.25, 0.3) is 0 Å². The summed E-state index contributed by atoms with van der Waals surface area (Å²) < 4.78 is 0. The summed E-state index contributed by atoms with van der Waals surface area (Å²) in [6, 6.07) is 0. The predicted octanol–water partition coefficient (Wildman–Crippen LogP) is -1.65. The highest BCUT2D eigenvalue weighted by Gasteiger charge is 2.15. The lowest BCUT2D eigenvalue weighted by molar-refractivity contribution is 0.134. The molecule has 0 saturated carbocycles. The van der Waals surface area contributed by atoms with E-state index >= 15 is 0 Å². The fourth-order valence-electron chi connectivity index (χ4n) is 2.42. The van der Waals surface area contributed by atoms with E-state index in [1.165, 1.54) is 32.7 Å². The number of likely N-dealkylation sites (N-methyl/N-ethyl adjacent to an activating group) is 1. The lowest BCUT2D eigenvalue weighted by atomic mass is 10.3. The largest absolute Gasteiger partial charge is 0.329 e. The molecule has 6 heteroatoms. The van der Waals surface area contributed by atoms with Crippen LogP contribution in [0.5, 0.6) is 0 Å². The van der Waals surface area contributed by atoms with Crippen molar-refractivity contribution in [3.8, 4) is 0 Å². The van der Waals surface area contributed by atoms with Gasteiger partial charge in [-0.05, 0) is 6.54 Å². The van der Waals surface area contributed by atoms with Gasteiger partial charge in [0.2, 0.25) is 0 Å². The average Bonchev–Trinajstić information content (AvgIpc) is 2.49. The Labute approximate surface area is 124 Å². The van der Waals surface area contributed by atoms with E-state index in [9.17, 15) is 0 Å². The highest BCUT2D eigenvalue weighted by molar-refractivity contribution is 4.73. The molecular weight excluding hydrogens is 252 g/mol. The molecule has 6 nitrogen and oxygen atoms in total. The van der Waals surface area contributed by atoms with Crippen molar-refractivity contribution < 1.29 is 0 Å². The lowest BCUT2D eigenvalue weighted by Gasteiger charge is -2.34. The molecule has 1 heterocycles. The van der Waals surface area contributed by atoms with Crippen LogP contribution >= 0.6 is 0 Å². The van der Waals surface area contributed by atoms with Gasteiger partial charge in [0.15, 0.2) is 0 Å². The Morgan fingerprint density at radius 2 is 1.25 bits per heavy atom. The van der Waals surface area contributed by atoms with Crippen LogP contribution in [0.25, 0.3) is 0 Å². The maximum atomic E-state index is 5.46. The van der Waals surface area contributed by atoms with E-state index < -0.39 is 0 Å². The van der Waals surface area contributed by atoms with Gasteiger partial charge in [0, 0.05) is 78.5 Å². The summed E-state index contributed by atoms with van der Waals surface area (Å²) in [5, 5.41) is 10.2. The molecule has 0 aromatic heterocycles. The van der Waals surface area contributed by atoms with Crippen LogP contribution in [-0.4, -0.2) is 94.9 Å². The molecule has 0 bridgehead atoms. The molecule has 0 radical (unpaired) electrons. The summed E-state index contributed by atoms with van der Waals surface area (Å²) in [5.74, 6) is 0. The average molecular weight is 286 g/mol. The maximum absolute atomic E-state index is 5.46. The molecular formula is C14H34N6. The number of piperazine rings is 1. The lowest BCUT2D eigenvalue weighted by Crippen LogP contribution is -2.49. The van der Waals surface area contributed by atoms with Gasteiger partial charge in [-0.2, -0.15) is 0 Å². The number of nitrogens with two attached hydrogens (primary N) is 1. The van der Waals surface area contributed by atoms with E-state index in [1.54, 1.807) is 0 Å². The molecule has 0 aromatic carbocycles. The monoisotopic (exact) mass is 286 g/mol. The van der Waals surface area contributed by atoms with Gasteiger partial charge in [-0.15, -0.1) is 0 Å². The minimum absolute atomic E-state index is 0.731. The van der Waals surface area contributed by atoms with E-state index in [0.717, 1.165) is 52.4 Å². The van der Waals surface area contributed by atoms with E-state index in [0.29, 0.717) is 0 Å². The van der Waals surface area contributed by atoms with E-state index in [1.807, 2.05) is 0 Å². The Morgan fingerprint density at radius 3 is 1.75 bits per heavy atom. The Bertz CT molecular complexity index is 206. The van der Waals surface area contributed by atoms with Crippen LogP contribution in [-0.2, 0) is 0 Å².